The van der Waals surface area contributed by atoms with E-state index in [0.29, 0.717) is 25.3 Å². The summed E-state index contributed by atoms with van der Waals surface area (Å²) in [5.74, 6) is -0.127. The molecule has 7 heteroatoms. The minimum absolute atomic E-state index is 0.187. The number of nitrogens with zero attached hydrogens (tertiary/aromatic N) is 2. The number of likely N-dealkylation sites (N-methyl/N-ethyl adjacent to an activating group) is 1. The topological polar surface area (TPSA) is 79.3 Å². The van der Waals surface area contributed by atoms with E-state index in [1.165, 1.54) is 4.90 Å². The lowest BCUT2D eigenvalue weighted by Crippen LogP contribution is -2.45. The molecule has 1 aromatic carbocycles. The van der Waals surface area contributed by atoms with Gasteiger partial charge < -0.3 is 24.4 Å². The average molecular weight is 336 g/mol. The zero-order chi connectivity index (χ0) is 17.7. The van der Waals surface area contributed by atoms with Crippen molar-refractivity contribution in [3.63, 3.8) is 0 Å². The third-order valence-corrected chi connectivity index (χ3v) is 3.98. The normalized spacial score (nSPS) is 16.2. The van der Waals surface area contributed by atoms with Crippen LogP contribution in [0.2, 0.25) is 0 Å². The highest BCUT2D eigenvalue weighted by molar-refractivity contribution is 5.83. The van der Waals surface area contributed by atoms with Crippen molar-refractivity contribution in [2.45, 2.75) is 6.42 Å². The molecule has 1 aromatic rings. The third kappa shape index (κ3) is 4.61. The van der Waals surface area contributed by atoms with Crippen LogP contribution in [0.25, 0.3) is 0 Å². The van der Waals surface area contributed by atoms with Crippen molar-refractivity contribution in [1.82, 2.24) is 9.80 Å². The molecular weight excluding hydrogens is 312 g/mol. The van der Waals surface area contributed by atoms with Crippen molar-refractivity contribution >= 4 is 11.9 Å². The first kappa shape index (κ1) is 18.1. The second-order valence-corrected chi connectivity index (χ2v) is 6.14. The van der Waals surface area contributed by atoms with Gasteiger partial charge >= 0.3 is 5.97 Å². The zero-order valence-electron chi connectivity index (χ0n) is 14.3. The first-order chi connectivity index (χ1) is 11.4. The smallest absolute Gasteiger partial charge is 0.323 e. The van der Waals surface area contributed by atoms with Gasteiger partial charge in [0.2, 0.25) is 5.91 Å². The van der Waals surface area contributed by atoms with E-state index in [0.717, 1.165) is 11.3 Å². The van der Waals surface area contributed by atoms with Gasteiger partial charge in [0.15, 0.2) is 0 Å². The molecule has 1 N–H and O–H groups in total. The van der Waals surface area contributed by atoms with Gasteiger partial charge in [0.1, 0.15) is 24.7 Å². The number of ether oxygens (including phenoxy) is 2. The van der Waals surface area contributed by atoms with Crippen molar-refractivity contribution in [3.05, 3.63) is 23.8 Å². The first-order valence-electron chi connectivity index (χ1n) is 7.85. The molecule has 7 nitrogen and oxygen atoms in total. The molecule has 1 aliphatic rings. The number of hydrogen-bond donors (Lipinski definition) is 1. The molecule has 0 saturated carbocycles. The fraction of sp³-hybridized carbons (Fsp3) is 0.529. The van der Waals surface area contributed by atoms with Crippen LogP contribution in [0.4, 0.5) is 0 Å². The van der Waals surface area contributed by atoms with E-state index in [4.69, 9.17) is 14.6 Å². The Hall–Kier alpha value is -2.28. The van der Waals surface area contributed by atoms with Crippen molar-refractivity contribution < 1.29 is 24.2 Å². The minimum atomic E-state index is -1.01. The maximum atomic E-state index is 12.7. The van der Waals surface area contributed by atoms with E-state index in [2.05, 4.69) is 0 Å². The van der Waals surface area contributed by atoms with E-state index >= 15 is 0 Å². The van der Waals surface area contributed by atoms with Gasteiger partial charge in [-0.05, 0) is 44.3 Å². The second-order valence-electron chi connectivity index (χ2n) is 6.14. The quantitative estimate of drug-likeness (QED) is 0.790. The van der Waals surface area contributed by atoms with Crippen LogP contribution < -0.4 is 9.47 Å². The molecule has 0 aromatic heterocycles. The predicted octanol–water partition coefficient (Wildman–Crippen LogP) is 0.721. The van der Waals surface area contributed by atoms with Crippen LogP contribution in [0.15, 0.2) is 18.2 Å². The molecule has 132 valence electrons. The summed E-state index contributed by atoms with van der Waals surface area (Å²) in [6, 6.07) is 5.50. The molecule has 0 aliphatic carbocycles. The van der Waals surface area contributed by atoms with Crippen LogP contribution in [0, 0.1) is 5.92 Å². The monoisotopic (exact) mass is 336 g/mol. The highest BCUT2D eigenvalue weighted by Crippen LogP contribution is 2.31. The van der Waals surface area contributed by atoms with Gasteiger partial charge in [0.25, 0.3) is 0 Å². The fourth-order valence-electron chi connectivity index (χ4n) is 2.67. The van der Waals surface area contributed by atoms with Gasteiger partial charge in [-0.3, -0.25) is 9.59 Å². The predicted molar refractivity (Wildman–Crippen MR) is 88.5 cm³/mol. The Morgan fingerprint density at radius 2 is 2.08 bits per heavy atom. The van der Waals surface area contributed by atoms with Crippen molar-refractivity contribution in [2.24, 2.45) is 5.92 Å². The first-order valence-corrected chi connectivity index (χ1v) is 7.85. The highest BCUT2D eigenvalue weighted by Gasteiger charge is 2.30. The van der Waals surface area contributed by atoms with E-state index in [9.17, 15) is 9.59 Å². The number of rotatable bonds is 7. The molecule has 1 aliphatic heterocycles. The molecule has 24 heavy (non-hydrogen) atoms. The summed E-state index contributed by atoms with van der Waals surface area (Å²) >= 11 is 0. The van der Waals surface area contributed by atoms with E-state index in [-0.39, 0.29) is 25.0 Å². The number of fused-ring (bicyclic) bond motifs is 1. The summed E-state index contributed by atoms with van der Waals surface area (Å²) in [5, 5.41) is 9.07. The van der Waals surface area contributed by atoms with E-state index in [1.807, 2.05) is 37.2 Å². The summed E-state index contributed by atoms with van der Waals surface area (Å²) in [6.07, 6.45) is 0.517. The molecule has 0 spiro atoms. The number of carboxylic acid groups (broad SMARTS) is 1. The van der Waals surface area contributed by atoms with Crippen LogP contribution in [0.5, 0.6) is 11.5 Å². The Kier molecular flexibility index (Phi) is 6.03. The Balaban J connectivity index is 2.10. The SMILES string of the molecule is COc1ccc2c(c1)CC(C(=O)N(CCN(C)C)CC(=O)O)CO2. The van der Waals surface area contributed by atoms with Crippen molar-refractivity contribution in [2.75, 3.05) is 47.4 Å². The van der Waals surface area contributed by atoms with Crippen LogP contribution in [0.1, 0.15) is 5.56 Å². The maximum Gasteiger partial charge on any atom is 0.323 e. The summed E-state index contributed by atoms with van der Waals surface area (Å²) in [4.78, 5) is 27.1. The van der Waals surface area contributed by atoms with Gasteiger partial charge in [0.05, 0.1) is 13.0 Å². The Bertz CT molecular complexity index is 603. The average Bonchev–Trinajstić information content (AvgIpc) is 2.56. The Morgan fingerprint density at radius 3 is 2.71 bits per heavy atom. The second kappa shape index (κ2) is 8.01. The molecule has 1 unspecified atom stereocenters. The molecule has 2 rings (SSSR count). The largest absolute Gasteiger partial charge is 0.497 e. The van der Waals surface area contributed by atoms with Crippen LogP contribution in [-0.4, -0.2) is 74.2 Å². The molecule has 0 bridgehead atoms. The van der Waals surface area contributed by atoms with Gasteiger partial charge in [-0.1, -0.05) is 0 Å². The number of hydrogen-bond acceptors (Lipinski definition) is 5. The fourth-order valence-corrected chi connectivity index (χ4v) is 2.67. The number of carbonyl (C=O) groups is 2. The maximum absolute atomic E-state index is 12.7. The van der Waals surface area contributed by atoms with Crippen LogP contribution in [-0.2, 0) is 16.0 Å². The molecule has 1 amide bonds. The van der Waals surface area contributed by atoms with Crippen molar-refractivity contribution in [1.29, 1.82) is 0 Å². The minimum Gasteiger partial charge on any atom is -0.497 e. The highest BCUT2D eigenvalue weighted by atomic mass is 16.5. The number of benzene rings is 1. The number of amides is 1. The Labute approximate surface area is 141 Å². The number of carboxylic acids is 1. The number of carbonyl (C=O) groups excluding carboxylic acids is 1. The summed E-state index contributed by atoms with van der Waals surface area (Å²) in [6.45, 7) is 0.945. The van der Waals surface area contributed by atoms with Gasteiger partial charge in [-0.2, -0.15) is 0 Å². The summed E-state index contributed by atoms with van der Waals surface area (Å²) in [5.41, 5.74) is 0.904. The van der Waals surface area contributed by atoms with E-state index in [1.54, 1.807) is 7.11 Å². The lowest BCUT2D eigenvalue weighted by Gasteiger charge is -2.30. The molecule has 0 fully saturated rings. The molecule has 1 atom stereocenters. The number of methoxy groups -OCH3 is 1. The van der Waals surface area contributed by atoms with Crippen LogP contribution in [0.3, 0.4) is 0 Å². The molecule has 1 heterocycles. The van der Waals surface area contributed by atoms with Gasteiger partial charge in [-0.25, -0.2) is 0 Å². The lowest BCUT2D eigenvalue weighted by molar-refractivity contribution is -0.147. The van der Waals surface area contributed by atoms with Gasteiger partial charge in [-0.15, -0.1) is 0 Å². The molecule has 0 saturated heterocycles. The standard InChI is InChI=1S/C17H24N2O5/c1-18(2)6-7-19(10-16(20)21)17(22)13-8-12-9-14(23-3)4-5-15(12)24-11-13/h4-5,9,13H,6-8,10-11H2,1-3H3,(H,20,21). The lowest BCUT2D eigenvalue weighted by atomic mass is 9.95. The molecule has 0 radical (unpaired) electrons. The van der Waals surface area contributed by atoms with Crippen LogP contribution >= 0.6 is 0 Å². The third-order valence-electron chi connectivity index (χ3n) is 3.98. The van der Waals surface area contributed by atoms with Gasteiger partial charge in [0, 0.05) is 13.1 Å². The van der Waals surface area contributed by atoms with E-state index < -0.39 is 5.97 Å². The molecular formula is C17H24N2O5. The summed E-state index contributed by atoms with van der Waals surface area (Å²) < 4.78 is 10.9. The number of aliphatic carboxylic acids is 1. The van der Waals surface area contributed by atoms with Crippen molar-refractivity contribution in [3.8, 4) is 11.5 Å². The Morgan fingerprint density at radius 1 is 1.33 bits per heavy atom. The zero-order valence-corrected chi connectivity index (χ0v) is 14.3. The summed E-state index contributed by atoms with van der Waals surface area (Å²) in [7, 11) is 5.36.